The van der Waals surface area contributed by atoms with Crippen LogP contribution in [0.4, 0.5) is 0 Å². The second kappa shape index (κ2) is 6.91. The smallest absolute Gasteiger partial charge is 0.242 e. The van der Waals surface area contributed by atoms with Crippen molar-refractivity contribution in [1.82, 2.24) is 5.32 Å². The molecule has 0 radical (unpaired) electrons. The van der Waals surface area contributed by atoms with E-state index in [9.17, 15) is 13.2 Å². The van der Waals surface area contributed by atoms with Gasteiger partial charge in [0.15, 0.2) is 0 Å². The third-order valence-electron chi connectivity index (χ3n) is 3.04. The van der Waals surface area contributed by atoms with E-state index in [2.05, 4.69) is 5.32 Å². The number of amides is 1. The van der Waals surface area contributed by atoms with E-state index < -0.39 is 15.4 Å². The topological polar surface area (TPSA) is 89.3 Å². The minimum absolute atomic E-state index is 0.0297. The maximum Gasteiger partial charge on any atom is 0.242 e. The molecule has 116 valence electrons. The number of sulfonamides is 1. The van der Waals surface area contributed by atoms with Crippen LogP contribution in [0.3, 0.4) is 0 Å². The fourth-order valence-corrected chi connectivity index (χ4v) is 2.59. The van der Waals surface area contributed by atoms with Gasteiger partial charge in [0.2, 0.25) is 15.9 Å². The molecular formula is C15H15ClN2O3S. The number of benzene rings is 2. The second-order valence-electron chi connectivity index (χ2n) is 4.68. The lowest BCUT2D eigenvalue weighted by molar-refractivity contribution is -0.121. The van der Waals surface area contributed by atoms with Gasteiger partial charge in [-0.1, -0.05) is 42.5 Å². The first-order valence-electron chi connectivity index (χ1n) is 6.46. The number of carbonyl (C=O) groups is 1. The maximum atomic E-state index is 12.0. The Morgan fingerprint density at radius 2 is 1.68 bits per heavy atom. The van der Waals surface area contributed by atoms with Gasteiger partial charge in [-0.05, 0) is 23.3 Å². The van der Waals surface area contributed by atoms with Crippen molar-refractivity contribution in [1.29, 1.82) is 0 Å². The molecule has 1 atom stereocenters. The number of carbonyl (C=O) groups excluding carboxylic acids is 1. The van der Waals surface area contributed by atoms with Crippen molar-refractivity contribution in [2.24, 2.45) is 5.14 Å². The van der Waals surface area contributed by atoms with Crippen LogP contribution in [0.5, 0.6) is 0 Å². The summed E-state index contributed by atoms with van der Waals surface area (Å²) < 4.78 is 22.3. The Balaban J connectivity index is 1.97. The van der Waals surface area contributed by atoms with Gasteiger partial charge in [0.1, 0.15) is 5.38 Å². The molecular weight excluding hydrogens is 324 g/mol. The molecule has 2 rings (SSSR count). The van der Waals surface area contributed by atoms with Crippen molar-refractivity contribution < 1.29 is 13.2 Å². The first-order chi connectivity index (χ1) is 10.4. The van der Waals surface area contributed by atoms with Crippen LogP contribution in [0.15, 0.2) is 59.5 Å². The number of rotatable bonds is 5. The first-order valence-corrected chi connectivity index (χ1v) is 8.44. The van der Waals surface area contributed by atoms with Crippen LogP contribution in [0.25, 0.3) is 0 Å². The number of halogens is 1. The summed E-state index contributed by atoms with van der Waals surface area (Å²) in [7, 11) is -3.71. The molecule has 0 aliphatic carbocycles. The minimum Gasteiger partial charge on any atom is -0.350 e. The summed E-state index contributed by atoms with van der Waals surface area (Å²) >= 11 is 6.10. The van der Waals surface area contributed by atoms with Gasteiger partial charge < -0.3 is 5.32 Å². The molecule has 2 aromatic carbocycles. The molecule has 0 bridgehead atoms. The average Bonchev–Trinajstić information content (AvgIpc) is 2.52. The van der Waals surface area contributed by atoms with Crippen molar-refractivity contribution in [2.45, 2.75) is 16.8 Å². The molecule has 1 unspecified atom stereocenters. The van der Waals surface area contributed by atoms with E-state index >= 15 is 0 Å². The van der Waals surface area contributed by atoms with E-state index in [-0.39, 0.29) is 17.3 Å². The summed E-state index contributed by atoms with van der Waals surface area (Å²) in [6.45, 7) is 0.250. The summed E-state index contributed by atoms with van der Waals surface area (Å²) in [5, 5.41) is 6.95. The Morgan fingerprint density at radius 1 is 1.09 bits per heavy atom. The van der Waals surface area contributed by atoms with Crippen molar-refractivity contribution in [3.8, 4) is 0 Å². The monoisotopic (exact) mass is 338 g/mol. The number of hydrogen-bond acceptors (Lipinski definition) is 3. The van der Waals surface area contributed by atoms with E-state index in [1.54, 1.807) is 24.3 Å². The highest BCUT2D eigenvalue weighted by Crippen LogP contribution is 2.20. The second-order valence-corrected chi connectivity index (χ2v) is 6.68. The Hall–Kier alpha value is -1.89. The van der Waals surface area contributed by atoms with Crippen LogP contribution >= 0.6 is 11.6 Å². The van der Waals surface area contributed by atoms with Gasteiger partial charge in [0.25, 0.3) is 0 Å². The van der Waals surface area contributed by atoms with Crippen LogP contribution in [-0.4, -0.2) is 14.3 Å². The highest BCUT2D eigenvalue weighted by Gasteiger charge is 2.16. The molecule has 5 nitrogen and oxygen atoms in total. The molecule has 0 saturated heterocycles. The predicted molar refractivity (Wildman–Crippen MR) is 84.7 cm³/mol. The van der Waals surface area contributed by atoms with Crippen LogP contribution in [-0.2, 0) is 21.4 Å². The fraction of sp³-hybridized carbons (Fsp3) is 0.133. The lowest BCUT2D eigenvalue weighted by atomic mass is 10.1. The number of primary sulfonamides is 1. The van der Waals surface area contributed by atoms with E-state index in [1.165, 1.54) is 12.1 Å². The molecule has 0 aliphatic rings. The van der Waals surface area contributed by atoms with Gasteiger partial charge in [-0.2, -0.15) is 0 Å². The van der Waals surface area contributed by atoms with Gasteiger partial charge in [0, 0.05) is 6.54 Å². The van der Waals surface area contributed by atoms with E-state index in [1.807, 2.05) is 18.2 Å². The fourth-order valence-electron chi connectivity index (χ4n) is 1.85. The Bertz CT molecular complexity index is 746. The molecule has 0 aliphatic heterocycles. The Kier molecular flexibility index (Phi) is 5.18. The van der Waals surface area contributed by atoms with Crippen LogP contribution < -0.4 is 10.5 Å². The molecule has 3 N–H and O–H groups in total. The molecule has 22 heavy (non-hydrogen) atoms. The average molecular weight is 339 g/mol. The predicted octanol–water partition coefficient (Wildman–Crippen LogP) is 1.93. The van der Waals surface area contributed by atoms with E-state index in [0.717, 1.165) is 5.56 Å². The van der Waals surface area contributed by atoms with Gasteiger partial charge >= 0.3 is 0 Å². The lowest BCUT2D eigenvalue weighted by Gasteiger charge is -2.11. The van der Waals surface area contributed by atoms with Crippen molar-refractivity contribution >= 4 is 27.5 Å². The third kappa shape index (κ3) is 4.30. The highest BCUT2D eigenvalue weighted by atomic mass is 35.5. The van der Waals surface area contributed by atoms with E-state index in [4.69, 9.17) is 16.7 Å². The lowest BCUT2D eigenvalue weighted by Crippen LogP contribution is -2.26. The Labute approximate surface area is 134 Å². The van der Waals surface area contributed by atoms with Crippen molar-refractivity contribution in [2.75, 3.05) is 0 Å². The number of nitrogens with one attached hydrogen (secondary N) is 1. The van der Waals surface area contributed by atoms with E-state index in [0.29, 0.717) is 5.56 Å². The molecule has 0 spiro atoms. The van der Waals surface area contributed by atoms with Crippen molar-refractivity contribution in [3.63, 3.8) is 0 Å². The summed E-state index contributed by atoms with van der Waals surface area (Å²) in [6, 6.07) is 15.0. The number of nitrogens with two attached hydrogens (primary N) is 1. The standard InChI is InChI=1S/C15H15ClN2O3S/c16-14(12-4-2-1-3-5-12)15(19)18-10-11-6-8-13(9-7-11)22(17,20)21/h1-9,14H,10H2,(H,18,19)(H2,17,20,21). The third-order valence-corrected chi connectivity index (χ3v) is 4.42. The molecule has 0 heterocycles. The van der Waals surface area contributed by atoms with Crippen molar-refractivity contribution in [3.05, 3.63) is 65.7 Å². The van der Waals surface area contributed by atoms with Crippen LogP contribution in [0.1, 0.15) is 16.5 Å². The molecule has 0 aromatic heterocycles. The minimum atomic E-state index is -3.71. The molecule has 0 fully saturated rings. The van der Waals surface area contributed by atoms with Gasteiger partial charge in [-0.25, -0.2) is 13.6 Å². The zero-order chi connectivity index (χ0) is 16.2. The summed E-state index contributed by atoms with van der Waals surface area (Å²) in [6.07, 6.45) is 0. The van der Waals surface area contributed by atoms with Crippen LogP contribution in [0.2, 0.25) is 0 Å². The summed E-state index contributed by atoms with van der Waals surface area (Å²) in [5.74, 6) is -0.316. The quantitative estimate of drug-likeness (QED) is 0.816. The maximum absolute atomic E-state index is 12.0. The largest absolute Gasteiger partial charge is 0.350 e. The summed E-state index contributed by atoms with van der Waals surface area (Å²) in [4.78, 5) is 12.0. The molecule has 7 heteroatoms. The summed E-state index contributed by atoms with van der Waals surface area (Å²) in [5.41, 5.74) is 1.46. The molecule has 1 amide bonds. The Morgan fingerprint density at radius 3 is 2.23 bits per heavy atom. The van der Waals surface area contributed by atoms with Crippen LogP contribution in [0, 0.1) is 0 Å². The SMILES string of the molecule is NS(=O)(=O)c1ccc(CNC(=O)C(Cl)c2ccccc2)cc1. The van der Waals surface area contributed by atoms with Gasteiger partial charge in [0.05, 0.1) is 4.90 Å². The number of alkyl halides is 1. The van der Waals surface area contributed by atoms with Gasteiger partial charge in [-0.15, -0.1) is 11.6 Å². The zero-order valence-electron chi connectivity index (χ0n) is 11.6. The first kappa shape index (κ1) is 16.5. The zero-order valence-corrected chi connectivity index (χ0v) is 13.1. The molecule has 0 saturated carbocycles. The highest BCUT2D eigenvalue weighted by molar-refractivity contribution is 7.89. The number of hydrogen-bond donors (Lipinski definition) is 2. The normalized spacial score (nSPS) is 12.6. The molecule has 2 aromatic rings. The van der Waals surface area contributed by atoms with Gasteiger partial charge in [-0.3, -0.25) is 4.79 Å².